The molecule has 1 atom stereocenters. The van der Waals surface area contributed by atoms with E-state index in [1.165, 1.54) is 7.11 Å². The number of halogens is 1. The van der Waals surface area contributed by atoms with Crippen LogP contribution in [0.25, 0.3) is 0 Å². The van der Waals surface area contributed by atoms with Crippen molar-refractivity contribution in [3.63, 3.8) is 0 Å². The number of anilines is 1. The molecule has 0 radical (unpaired) electrons. The first-order chi connectivity index (χ1) is 9.10. The van der Waals surface area contributed by atoms with Gasteiger partial charge in [-0.15, -0.1) is 0 Å². The summed E-state index contributed by atoms with van der Waals surface area (Å²) in [4.78, 5) is 0.645. The number of hydrogen-bond donors (Lipinski definition) is 1. The topological polar surface area (TPSA) is 52.3 Å². The van der Waals surface area contributed by atoms with E-state index in [2.05, 4.69) is 0 Å². The smallest absolute Gasteiger partial charge is 0.137 e. The molecule has 1 unspecified atom stereocenters. The molecule has 100 valence electrons. The number of hydrogen-bond acceptors (Lipinski definition) is 3. The molecule has 0 saturated heterocycles. The van der Waals surface area contributed by atoms with Crippen molar-refractivity contribution in [3.8, 4) is 5.75 Å². The van der Waals surface area contributed by atoms with Crippen LogP contribution in [0.4, 0.5) is 5.69 Å². The summed E-state index contributed by atoms with van der Waals surface area (Å²) in [6.45, 7) is 0. The molecule has 2 aromatic rings. The summed E-state index contributed by atoms with van der Waals surface area (Å²) >= 11 is 5.82. The van der Waals surface area contributed by atoms with Gasteiger partial charge in [-0.05, 0) is 29.8 Å². The zero-order valence-electron chi connectivity index (χ0n) is 10.4. The highest BCUT2D eigenvalue weighted by Crippen LogP contribution is 2.26. The molecule has 0 saturated carbocycles. The van der Waals surface area contributed by atoms with Gasteiger partial charge in [0.25, 0.3) is 0 Å². The molecule has 5 heteroatoms. The van der Waals surface area contributed by atoms with Gasteiger partial charge in [-0.3, -0.25) is 4.21 Å². The van der Waals surface area contributed by atoms with Gasteiger partial charge in [-0.2, -0.15) is 0 Å². The Bertz CT molecular complexity index is 599. The molecule has 3 nitrogen and oxygen atoms in total. The van der Waals surface area contributed by atoms with Gasteiger partial charge < -0.3 is 10.5 Å². The Morgan fingerprint density at radius 2 is 1.89 bits per heavy atom. The second-order valence-electron chi connectivity index (χ2n) is 4.03. The molecule has 0 aliphatic rings. The maximum absolute atomic E-state index is 12.3. The Labute approximate surface area is 119 Å². The zero-order valence-corrected chi connectivity index (χ0v) is 12.0. The summed E-state index contributed by atoms with van der Waals surface area (Å²) < 4.78 is 17.6. The van der Waals surface area contributed by atoms with Gasteiger partial charge in [0.2, 0.25) is 0 Å². The van der Waals surface area contributed by atoms with Crippen LogP contribution < -0.4 is 10.5 Å². The quantitative estimate of drug-likeness (QED) is 0.881. The number of nitrogen functional groups attached to an aromatic ring is 1. The minimum Gasteiger partial charge on any atom is -0.495 e. The Morgan fingerprint density at radius 3 is 2.53 bits per heavy atom. The molecular formula is C14H14ClNO2S. The lowest BCUT2D eigenvalue weighted by atomic mass is 10.2. The van der Waals surface area contributed by atoms with E-state index in [9.17, 15) is 4.21 Å². The van der Waals surface area contributed by atoms with E-state index in [-0.39, 0.29) is 0 Å². The van der Waals surface area contributed by atoms with Crippen LogP contribution in [0.15, 0.2) is 47.4 Å². The molecular weight excluding hydrogens is 282 g/mol. The van der Waals surface area contributed by atoms with Crippen LogP contribution in [-0.4, -0.2) is 11.3 Å². The van der Waals surface area contributed by atoms with Crippen molar-refractivity contribution in [2.45, 2.75) is 10.6 Å². The maximum Gasteiger partial charge on any atom is 0.137 e. The number of rotatable bonds is 4. The van der Waals surface area contributed by atoms with E-state index in [0.717, 1.165) is 5.56 Å². The second kappa shape index (κ2) is 6.08. The van der Waals surface area contributed by atoms with Crippen LogP contribution in [0, 0.1) is 0 Å². The average molecular weight is 296 g/mol. The Hall–Kier alpha value is -1.52. The van der Waals surface area contributed by atoms with E-state index in [1.54, 1.807) is 30.3 Å². The largest absolute Gasteiger partial charge is 0.495 e. The highest BCUT2D eigenvalue weighted by molar-refractivity contribution is 7.84. The fraction of sp³-hybridized carbons (Fsp3) is 0.143. The van der Waals surface area contributed by atoms with Gasteiger partial charge in [0, 0.05) is 16.8 Å². The Balaban J connectivity index is 2.22. The predicted octanol–water partition coefficient (Wildman–Crippen LogP) is 3.24. The first-order valence-corrected chi connectivity index (χ1v) is 7.36. The summed E-state index contributed by atoms with van der Waals surface area (Å²) in [6, 6.07) is 12.4. The number of nitrogens with two attached hydrogens (primary N) is 1. The van der Waals surface area contributed by atoms with Gasteiger partial charge in [0.1, 0.15) is 5.75 Å². The van der Waals surface area contributed by atoms with Crippen molar-refractivity contribution >= 4 is 28.1 Å². The number of benzene rings is 2. The standard InChI is InChI=1S/C14H14ClNO2S/c1-18-13-8-12(16)6-7-14(13)19(17)9-10-2-4-11(15)5-3-10/h2-8H,9,16H2,1H3. The average Bonchev–Trinajstić information content (AvgIpc) is 2.41. The van der Waals surface area contributed by atoms with Crippen molar-refractivity contribution in [2.75, 3.05) is 12.8 Å². The number of ether oxygens (including phenoxy) is 1. The van der Waals surface area contributed by atoms with Crippen molar-refractivity contribution in [3.05, 3.63) is 53.1 Å². The summed E-state index contributed by atoms with van der Waals surface area (Å²) in [5.41, 5.74) is 7.23. The van der Waals surface area contributed by atoms with Gasteiger partial charge >= 0.3 is 0 Å². The van der Waals surface area contributed by atoms with Crippen LogP contribution >= 0.6 is 11.6 Å². The molecule has 0 fully saturated rings. The normalized spacial score (nSPS) is 12.1. The molecule has 0 aliphatic heterocycles. The Kier molecular flexibility index (Phi) is 4.45. The van der Waals surface area contributed by atoms with Crippen LogP contribution in [-0.2, 0) is 16.6 Å². The van der Waals surface area contributed by atoms with Gasteiger partial charge in [0.15, 0.2) is 0 Å². The first-order valence-electron chi connectivity index (χ1n) is 5.66. The van der Waals surface area contributed by atoms with E-state index in [4.69, 9.17) is 22.1 Å². The summed E-state index contributed by atoms with van der Waals surface area (Å²) in [6.07, 6.45) is 0. The molecule has 0 amide bonds. The van der Waals surface area contributed by atoms with Gasteiger partial charge in [0.05, 0.1) is 28.6 Å². The third-order valence-corrected chi connectivity index (χ3v) is 4.32. The first kappa shape index (κ1) is 13.9. The molecule has 0 bridgehead atoms. The fourth-order valence-corrected chi connectivity index (χ4v) is 3.05. The summed E-state index contributed by atoms with van der Waals surface area (Å²) in [5, 5.41) is 0.666. The molecule has 0 spiro atoms. The zero-order chi connectivity index (χ0) is 13.8. The molecule has 2 aromatic carbocycles. The molecule has 2 N–H and O–H groups in total. The van der Waals surface area contributed by atoms with E-state index in [0.29, 0.717) is 27.1 Å². The molecule has 19 heavy (non-hydrogen) atoms. The Morgan fingerprint density at radius 1 is 1.21 bits per heavy atom. The summed E-state index contributed by atoms with van der Waals surface area (Å²) in [7, 11) is 0.355. The molecule has 0 aliphatic carbocycles. The maximum atomic E-state index is 12.3. The highest BCUT2D eigenvalue weighted by Gasteiger charge is 2.11. The predicted molar refractivity (Wildman–Crippen MR) is 79.0 cm³/mol. The lowest BCUT2D eigenvalue weighted by Gasteiger charge is -2.09. The minimum atomic E-state index is -1.18. The SMILES string of the molecule is COc1cc(N)ccc1S(=O)Cc1ccc(Cl)cc1. The van der Waals surface area contributed by atoms with Crippen LogP contribution in [0.3, 0.4) is 0 Å². The molecule has 0 aromatic heterocycles. The van der Waals surface area contributed by atoms with Crippen molar-refractivity contribution in [2.24, 2.45) is 0 Å². The molecule has 2 rings (SSSR count). The van der Waals surface area contributed by atoms with Crippen LogP contribution in [0.5, 0.6) is 5.75 Å². The fourth-order valence-electron chi connectivity index (χ4n) is 1.68. The third kappa shape index (κ3) is 3.49. The third-order valence-electron chi connectivity index (χ3n) is 2.64. The van der Waals surface area contributed by atoms with Crippen molar-refractivity contribution in [1.82, 2.24) is 0 Å². The summed E-state index contributed by atoms with van der Waals surface area (Å²) in [5.74, 6) is 0.963. The monoisotopic (exact) mass is 295 g/mol. The van der Waals surface area contributed by atoms with Crippen LogP contribution in [0.2, 0.25) is 5.02 Å². The minimum absolute atomic E-state index is 0.414. The highest BCUT2D eigenvalue weighted by atomic mass is 35.5. The van der Waals surface area contributed by atoms with E-state index >= 15 is 0 Å². The van der Waals surface area contributed by atoms with Gasteiger partial charge in [-0.25, -0.2) is 0 Å². The van der Waals surface area contributed by atoms with Gasteiger partial charge in [-0.1, -0.05) is 23.7 Å². The van der Waals surface area contributed by atoms with Crippen molar-refractivity contribution < 1.29 is 8.95 Å². The van der Waals surface area contributed by atoms with Crippen LogP contribution in [0.1, 0.15) is 5.56 Å². The second-order valence-corrected chi connectivity index (χ2v) is 5.88. The van der Waals surface area contributed by atoms with E-state index < -0.39 is 10.8 Å². The lowest BCUT2D eigenvalue weighted by Crippen LogP contribution is -2.00. The lowest BCUT2D eigenvalue weighted by molar-refractivity contribution is 0.404. The molecule has 0 heterocycles. The van der Waals surface area contributed by atoms with E-state index in [1.807, 2.05) is 12.1 Å². The van der Waals surface area contributed by atoms with Crippen molar-refractivity contribution in [1.29, 1.82) is 0 Å². The number of methoxy groups -OCH3 is 1.